The minimum atomic E-state index is -0.456. The zero-order valence-corrected chi connectivity index (χ0v) is 16.7. The number of aromatic nitrogens is 2. The number of carbonyl (C=O) groups is 1. The highest BCUT2D eigenvalue weighted by atomic mass is 16.7. The summed E-state index contributed by atoms with van der Waals surface area (Å²) in [7, 11) is 1.50. The molecule has 2 aliphatic rings. The molecule has 0 aliphatic carbocycles. The number of amides is 1. The van der Waals surface area contributed by atoms with Crippen LogP contribution >= 0.6 is 0 Å². The number of hydrogen-bond donors (Lipinski definition) is 0. The monoisotopic (exact) mass is 360 g/mol. The quantitative estimate of drug-likeness (QED) is 0.753. The van der Waals surface area contributed by atoms with Crippen molar-refractivity contribution in [2.45, 2.75) is 64.7 Å². The van der Waals surface area contributed by atoms with Crippen molar-refractivity contribution in [1.82, 2.24) is 14.9 Å². The van der Waals surface area contributed by atoms with Gasteiger partial charge in [-0.15, -0.1) is 0 Å². The summed E-state index contributed by atoms with van der Waals surface area (Å²) in [6.45, 7) is 11.3. The predicted molar refractivity (Wildman–Crippen MR) is 101 cm³/mol. The maximum Gasteiger partial charge on any atom is 0.498 e. The normalized spacial score (nSPS) is 24.2. The van der Waals surface area contributed by atoms with Gasteiger partial charge in [-0.2, -0.15) is 0 Å². The Bertz CT molecular complexity index is 649. The van der Waals surface area contributed by atoms with Crippen molar-refractivity contribution < 1.29 is 14.1 Å². The summed E-state index contributed by atoms with van der Waals surface area (Å²) in [5.74, 6) is 0.776. The van der Waals surface area contributed by atoms with Gasteiger partial charge in [-0.3, -0.25) is 4.79 Å². The number of anilines is 1. The molecule has 1 amide bonds. The van der Waals surface area contributed by atoms with Gasteiger partial charge in [0.05, 0.1) is 11.2 Å². The molecule has 2 saturated heterocycles. The molecule has 1 aromatic rings. The van der Waals surface area contributed by atoms with Gasteiger partial charge >= 0.3 is 7.12 Å². The van der Waals surface area contributed by atoms with E-state index < -0.39 is 7.12 Å². The minimum Gasteiger partial charge on any atom is -0.399 e. The van der Waals surface area contributed by atoms with Gasteiger partial charge in [0.25, 0.3) is 0 Å². The summed E-state index contributed by atoms with van der Waals surface area (Å²) in [6, 6.07) is 0.226. The van der Waals surface area contributed by atoms with Gasteiger partial charge in [-0.1, -0.05) is 0 Å². The molecule has 0 N–H and O–H groups in total. The standard InChI is InChI=1S/C18H29BN4O3/c1-13(24)23-9-7-8-15(23)12-22(6)16-20-10-14(11-21-16)19-25-17(2,3)18(4,5)26-19/h10-11,15H,7-9,12H2,1-6H3/t15-/m0/s1. The fourth-order valence-electron chi connectivity index (χ4n) is 3.47. The number of likely N-dealkylation sites (tertiary alicyclic amines) is 1. The lowest BCUT2D eigenvalue weighted by molar-refractivity contribution is -0.129. The minimum absolute atomic E-state index is 0.137. The van der Waals surface area contributed by atoms with Crippen LogP contribution in [0.5, 0.6) is 0 Å². The molecule has 2 fully saturated rings. The fraction of sp³-hybridized carbons (Fsp3) is 0.722. The average molecular weight is 360 g/mol. The smallest absolute Gasteiger partial charge is 0.399 e. The van der Waals surface area contributed by atoms with Crippen LogP contribution in [0, 0.1) is 0 Å². The van der Waals surface area contributed by atoms with E-state index in [9.17, 15) is 4.79 Å². The van der Waals surface area contributed by atoms with E-state index in [1.54, 1.807) is 19.3 Å². The van der Waals surface area contributed by atoms with Crippen LogP contribution in [0.1, 0.15) is 47.5 Å². The molecule has 3 rings (SSSR count). The highest BCUT2D eigenvalue weighted by Crippen LogP contribution is 2.36. The molecule has 0 bridgehead atoms. The molecular formula is C18H29BN4O3. The van der Waals surface area contributed by atoms with E-state index in [4.69, 9.17) is 9.31 Å². The topological polar surface area (TPSA) is 67.8 Å². The Labute approximate surface area is 156 Å². The number of likely N-dealkylation sites (N-methyl/N-ethyl adjacent to an activating group) is 1. The first-order valence-corrected chi connectivity index (χ1v) is 9.26. The number of nitrogens with zero attached hydrogens (tertiary/aromatic N) is 4. The molecule has 7 nitrogen and oxygen atoms in total. The van der Waals surface area contributed by atoms with Crippen molar-refractivity contribution in [2.75, 3.05) is 25.0 Å². The maximum atomic E-state index is 11.7. The van der Waals surface area contributed by atoms with Crippen LogP contribution in [-0.2, 0) is 14.1 Å². The molecule has 2 aliphatic heterocycles. The molecular weight excluding hydrogens is 331 g/mol. The SMILES string of the molecule is CC(=O)N1CCC[C@H]1CN(C)c1ncc(B2OC(C)(C)C(C)(C)O2)cn1. The van der Waals surface area contributed by atoms with Gasteiger partial charge in [0.2, 0.25) is 11.9 Å². The second kappa shape index (κ2) is 6.81. The molecule has 1 aromatic heterocycles. The molecule has 0 saturated carbocycles. The molecule has 26 heavy (non-hydrogen) atoms. The van der Waals surface area contributed by atoms with Gasteiger partial charge in [0, 0.05) is 51.0 Å². The lowest BCUT2D eigenvalue weighted by atomic mass is 9.81. The van der Waals surface area contributed by atoms with Crippen LogP contribution in [0.2, 0.25) is 0 Å². The molecule has 3 heterocycles. The van der Waals surface area contributed by atoms with E-state index in [2.05, 4.69) is 9.97 Å². The Balaban J connectivity index is 1.65. The van der Waals surface area contributed by atoms with Crippen molar-refractivity contribution >= 4 is 24.4 Å². The highest BCUT2D eigenvalue weighted by molar-refractivity contribution is 6.61. The van der Waals surface area contributed by atoms with E-state index in [1.807, 2.05) is 44.5 Å². The number of rotatable bonds is 4. The van der Waals surface area contributed by atoms with Gasteiger partial charge in [0.15, 0.2) is 0 Å². The first kappa shape index (κ1) is 19.1. The zero-order chi connectivity index (χ0) is 19.1. The van der Waals surface area contributed by atoms with Crippen LogP contribution in [-0.4, -0.2) is 65.3 Å². The summed E-state index contributed by atoms with van der Waals surface area (Å²) in [5, 5.41) is 0. The van der Waals surface area contributed by atoms with Crippen molar-refractivity contribution in [3.8, 4) is 0 Å². The average Bonchev–Trinajstić information content (AvgIpc) is 3.10. The van der Waals surface area contributed by atoms with Crippen LogP contribution < -0.4 is 10.4 Å². The summed E-state index contributed by atoms with van der Waals surface area (Å²) in [6.07, 6.45) is 5.60. The second-order valence-electron chi connectivity index (χ2n) is 8.29. The van der Waals surface area contributed by atoms with Crippen LogP contribution in [0.4, 0.5) is 5.95 Å². The summed E-state index contributed by atoms with van der Waals surface area (Å²) in [4.78, 5) is 24.6. The molecule has 0 aromatic carbocycles. The summed E-state index contributed by atoms with van der Waals surface area (Å²) in [5.41, 5.74) is 0.0457. The van der Waals surface area contributed by atoms with E-state index >= 15 is 0 Å². The van der Waals surface area contributed by atoms with E-state index in [0.717, 1.165) is 31.4 Å². The molecule has 142 valence electrons. The van der Waals surface area contributed by atoms with Gasteiger partial charge in [-0.25, -0.2) is 9.97 Å². The Morgan fingerprint density at radius 1 is 1.27 bits per heavy atom. The third-order valence-electron chi connectivity index (χ3n) is 5.79. The molecule has 8 heteroatoms. The Morgan fingerprint density at radius 2 is 1.85 bits per heavy atom. The maximum absolute atomic E-state index is 11.7. The van der Waals surface area contributed by atoms with Crippen molar-refractivity contribution in [3.05, 3.63) is 12.4 Å². The largest absolute Gasteiger partial charge is 0.498 e. The van der Waals surface area contributed by atoms with Crippen LogP contribution in [0.3, 0.4) is 0 Å². The predicted octanol–water partition coefficient (Wildman–Crippen LogP) is 1.22. The first-order chi connectivity index (χ1) is 12.1. The summed E-state index contributed by atoms with van der Waals surface area (Å²) < 4.78 is 12.1. The van der Waals surface area contributed by atoms with Gasteiger partial charge in [-0.05, 0) is 40.5 Å². The molecule has 0 radical (unpaired) electrons. The molecule has 0 spiro atoms. The Kier molecular flexibility index (Phi) is 5.01. The van der Waals surface area contributed by atoms with Gasteiger partial charge < -0.3 is 19.1 Å². The zero-order valence-electron chi connectivity index (χ0n) is 16.7. The molecule has 1 atom stereocenters. The summed E-state index contributed by atoms with van der Waals surface area (Å²) >= 11 is 0. The van der Waals surface area contributed by atoms with Crippen molar-refractivity contribution in [2.24, 2.45) is 0 Å². The van der Waals surface area contributed by atoms with E-state index in [1.165, 1.54) is 0 Å². The Morgan fingerprint density at radius 3 is 2.38 bits per heavy atom. The first-order valence-electron chi connectivity index (χ1n) is 9.26. The van der Waals surface area contributed by atoms with Crippen LogP contribution in [0.15, 0.2) is 12.4 Å². The fourth-order valence-corrected chi connectivity index (χ4v) is 3.47. The molecule has 0 unspecified atom stereocenters. The van der Waals surface area contributed by atoms with Crippen LogP contribution in [0.25, 0.3) is 0 Å². The Hall–Kier alpha value is -1.67. The van der Waals surface area contributed by atoms with E-state index in [-0.39, 0.29) is 23.2 Å². The third-order valence-corrected chi connectivity index (χ3v) is 5.79. The number of carbonyl (C=O) groups excluding carboxylic acids is 1. The number of hydrogen-bond acceptors (Lipinski definition) is 6. The lowest BCUT2D eigenvalue weighted by Crippen LogP contribution is -2.42. The highest BCUT2D eigenvalue weighted by Gasteiger charge is 2.52. The van der Waals surface area contributed by atoms with Crippen molar-refractivity contribution in [1.29, 1.82) is 0 Å². The third kappa shape index (κ3) is 3.57. The second-order valence-corrected chi connectivity index (χ2v) is 8.29. The van der Waals surface area contributed by atoms with E-state index in [0.29, 0.717) is 5.95 Å². The lowest BCUT2D eigenvalue weighted by Gasteiger charge is -2.32. The van der Waals surface area contributed by atoms with Gasteiger partial charge in [0.1, 0.15) is 0 Å². The van der Waals surface area contributed by atoms with Crippen molar-refractivity contribution in [3.63, 3.8) is 0 Å².